The predicted octanol–water partition coefficient (Wildman–Crippen LogP) is 4.31. The Labute approximate surface area is 122 Å². The van der Waals surface area contributed by atoms with E-state index in [1.807, 2.05) is 55.5 Å². The minimum absolute atomic E-state index is 0.140. The van der Waals surface area contributed by atoms with Gasteiger partial charge in [0, 0.05) is 11.8 Å². The van der Waals surface area contributed by atoms with Gasteiger partial charge in [0.2, 0.25) is 0 Å². The van der Waals surface area contributed by atoms with E-state index in [1.165, 1.54) is 5.56 Å². The van der Waals surface area contributed by atoms with Gasteiger partial charge in [-0.05, 0) is 35.9 Å². The summed E-state index contributed by atoms with van der Waals surface area (Å²) in [5.74, 6) is -0.288. The van der Waals surface area contributed by atoms with Crippen molar-refractivity contribution in [2.24, 2.45) is 4.99 Å². The Hall–Kier alpha value is -2.81. The van der Waals surface area contributed by atoms with Crippen LogP contribution < -0.4 is 0 Å². The lowest BCUT2D eigenvalue weighted by Gasteiger charge is -2.07. The van der Waals surface area contributed by atoms with Gasteiger partial charge in [0.25, 0.3) is 0 Å². The summed E-state index contributed by atoms with van der Waals surface area (Å²) in [6.07, 6.45) is 1.59. The van der Waals surface area contributed by atoms with E-state index in [9.17, 15) is 10.2 Å². The highest BCUT2D eigenvalue weighted by molar-refractivity contribution is 6.04. The van der Waals surface area contributed by atoms with Crippen molar-refractivity contribution in [3.63, 3.8) is 0 Å². The lowest BCUT2D eigenvalue weighted by atomic mass is 10.0. The fourth-order valence-corrected chi connectivity index (χ4v) is 2.25. The Balaban J connectivity index is 2.11. The summed E-state index contributed by atoms with van der Waals surface area (Å²) < 4.78 is 0. The standard InChI is InChI=1S/C18H15NO2/c1-12-6-8-14(9-7-12)19-11-16-15-5-3-2-4-13(15)10-17(20)18(16)21/h2-11,20-21H,1H3. The first-order valence-electron chi connectivity index (χ1n) is 6.69. The molecule has 0 aromatic heterocycles. The largest absolute Gasteiger partial charge is 0.504 e. The Morgan fingerprint density at radius 2 is 1.67 bits per heavy atom. The molecule has 0 radical (unpaired) electrons. The lowest BCUT2D eigenvalue weighted by molar-refractivity contribution is 0.404. The zero-order valence-corrected chi connectivity index (χ0v) is 11.6. The van der Waals surface area contributed by atoms with E-state index in [-0.39, 0.29) is 11.5 Å². The molecule has 104 valence electrons. The molecule has 0 heterocycles. The fourth-order valence-electron chi connectivity index (χ4n) is 2.25. The quantitative estimate of drug-likeness (QED) is 0.541. The third-order valence-electron chi connectivity index (χ3n) is 3.42. The monoisotopic (exact) mass is 277 g/mol. The minimum atomic E-state index is -0.149. The summed E-state index contributed by atoms with van der Waals surface area (Å²) in [7, 11) is 0. The molecule has 3 heteroatoms. The molecule has 0 amide bonds. The molecule has 0 aliphatic heterocycles. The van der Waals surface area contributed by atoms with E-state index in [4.69, 9.17) is 0 Å². The lowest BCUT2D eigenvalue weighted by Crippen LogP contribution is -1.87. The van der Waals surface area contributed by atoms with Crippen molar-refractivity contribution < 1.29 is 10.2 Å². The van der Waals surface area contributed by atoms with E-state index in [1.54, 1.807) is 12.3 Å². The number of phenols is 2. The Morgan fingerprint density at radius 1 is 0.952 bits per heavy atom. The van der Waals surface area contributed by atoms with Crippen molar-refractivity contribution in [2.45, 2.75) is 6.92 Å². The van der Waals surface area contributed by atoms with Crippen LogP contribution in [0.2, 0.25) is 0 Å². The molecule has 0 atom stereocenters. The number of aliphatic imine (C=N–C) groups is 1. The van der Waals surface area contributed by atoms with Crippen LogP contribution in [-0.4, -0.2) is 16.4 Å². The number of aromatic hydroxyl groups is 2. The molecule has 0 saturated carbocycles. The van der Waals surface area contributed by atoms with Gasteiger partial charge in [0.05, 0.1) is 5.69 Å². The molecule has 0 unspecified atom stereocenters. The highest BCUT2D eigenvalue weighted by Gasteiger charge is 2.10. The van der Waals surface area contributed by atoms with Crippen LogP contribution in [0.1, 0.15) is 11.1 Å². The molecular formula is C18H15NO2. The van der Waals surface area contributed by atoms with Gasteiger partial charge in [0.15, 0.2) is 11.5 Å². The van der Waals surface area contributed by atoms with Crippen molar-refractivity contribution in [1.82, 2.24) is 0 Å². The van der Waals surface area contributed by atoms with Crippen LogP contribution in [-0.2, 0) is 0 Å². The maximum atomic E-state index is 10.1. The maximum absolute atomic E-state index is 10.1. The molecule has 0 fully saturated rings. The van der Waals surface area contributed by atoms with Crippen LogP contribution in [0.5, 0.6) is 11.5 Å². The predicted molar refractivity (Wildman–Crippen MR) is 85.7 cm³/mol. The number of hydrogen-bond acceptors (Lipinski definition) is 3. The van der Waals surface area contributed by atoms with Gasteiger partial charge in [-0.1, -0.05) is 42.0 Å². The molecular weight excluding hydrogens is 262 g/mol. The van der Waals surface area contributed by atoms with E-state index >= 15 is 0 Å². The van der Waals surface area contributed by atoms with Crippen molar-refractivity contribution in [3.05, 3.63) is 65.7 Å². The van der Waals surface area contributed by atoms with Crippen LogP contribution in [0.3, 0.4) is 0 Å². The molecule has 0 spiro atoms. The number of rotatable bonds is 2. The minimum Gasteiger partial charge on any atom is -0.504 e. The highest BCUT2D eigenvalue weighted by Crippen LogP contribution is 2.34. The number of nitrogens with zero attached hydrogens (tertiary/aromatic N) is 1. The average molecular weight is 277 g/mol. The summed E-state index contributed by atoms with van der Waals surface area (Å²) in [6, 6.07) is 16.9. The van der Waals surface area contributed by atoms with Crippen LogP contribution in [0.4, 0.5) is 5.69 Å². The highest BCUT2D eigenvalue weighted by atomic mass is 16.3. The van der Waals surface area contributed by atoms with Crippen molar-refractivity contribution in [3.8, 4) is 11.5 Å². The van der Waals surface area contributed by atoms with Gasteiger partial charge in [-0.25, -0.2) is 0 Å². The summed E-state index contributed by atoms with van der Waals surface area (Å²) in [5, 5.41) is 21.6. The number of aryl methyl sites for hydroxylation is 1. The van der Waals surface area contributed by atoms with E-state index in [0.717, 1.165) is 16.5 Å². The van der Waals surface area contributed by atoms with Crippen molar-refractivity contribution >= 4 is 22.7 Å². The Morgan fingerprint density at radius 3 is 2.43 bits per heavy atom. The van der Waals surface area contributed by atoms with E-state index < -0.39 is 0 Å². The number of phenolic OH excluding ortho intramolecular Hbond substituents is 2. The normalized spacial score (nSPS) is 11.3. The molecule has 0 saturated heterocycles. The molecule has 0 aliphatic carbocycles. The first-order valence-corrected chi connectivity index (χ1v) is 6.69. The van der Waals surface area contributed by atoms with E-state index in [0.29, 0.717) is 5.56 Å². The van der Waals surface area contributed by atoms with Crippen LogP contribution in [0, 0.1) is 6.92 Å². The summed E-state index contributed by atoms with van der Waals surface area (Å²) >= 11 is 0. The number of hydrogen-bond donors (Lipinski definition) is 2. The summed E-state index contributed by atoms with van der Waals surface area (Å²) in [5.41, 5.74) is 2.48. The molecule has 3 rings (SSSR count). The second kappa shape index (κ2) is 5.29. The SMILES string of the molecule is Cc1ccc(N=Cc2c(O)c(O)cc3ccccc23)cc1. The molecule has 21 heavy (non-hydrogen) atoms. The van der Waals surface area contributed by atoms with Gasteiger partial charge >= 0.3 is 0 Å². The fraction of sp³-hybridized carbons (Fsp3) is 0.0556. The zero-order valence-electron chi connectivity index (χ0n) is 11.6. The van der Waals surface area contributed by atoms with Crippen molar-refractivity contribution in [1.29, 1.82) is 0 Å². The van der Waals surface area contributed by atoms with Crippen LogP contribution in [0.25, 0.3) is 10.8 Å². The van der Waals surface area contributed by atoms with Crippen molar-refractivity contribution in [2.75, 3.05) is 0 Å². The summed E-state index contributed by atoms with van der Waals surface area (Å²) in [6.45, 7) is 2.02. The summed E-state index contributed by atoms with van der Waals surface area (Å²) in [4.78, 5) is 4.37. The average Bonchev–Trinajstić information content (AvgIpc) is 2.49. The Kier molecular flexibility index (Phi) is 3.32. The van der Waals surface area contributed by atoms with Gasteiger partial charge < -0.3 is 10.2 Å². The second-order valence-electron chi connectivity index (χ2n) is 4.97. The molecule has 3 aromatic rings. The maximum Gasteiger partial charge on any atom is 0.167 e. The second-order valence-corrected chi connectivity index (χ2v) is 4.97. The van der Waals surface area contributed by atoms with E-state index in [2.05, 4.69) is 4.99 Å². The van der Waals surface area contributed by atoms with Gasteiger partial charge in [-0.3, -0.25) is 4.99 Å². The Bertz CT molecular complexity index is 820. The molecule has 0 bridgehead atoms. The molecule has 2 N–H and O–H groups in total. The van der Waals surface area contributed by atoms with Gasteiger partial charge in [-0.2, -0.15) is 0 Å². The first-order chi connectivity index (χ1) is 10.1. The number of benzene rings is 3. The zero-order chi connectivity index (χ0) is 14.8. The van der Waals surface area contributed by atoms with Crippen LogP contribution >= 0.6 is 0 Å². The molecule has 3 aromatic carbocycles. The first kappa shape index (κ1) is 13.2. The smallest absolute Gasteiger partial charge is 0.167 e. The molecule has 3 nitrogen and oxygen atoms in total. The molecule has 0 aliphatic rings. The number of fused-ring (bicyclic) bond motifs is 1. The van der Waals surface area contributed by atoms with Crippen LogP contribution in [0.15, 0.2) is 59.6 Å². The van der Waals surface area contributed by atoms with Gasteiger partial charge in [0.1, 0.15) is 0 Å². The topological polar surface area (TPSA) is 52.8 Å². The third-order valence-corrected chi connectivity index (χ3v) is 3.42. The third kappa shape index (κ3) is 2.58. The van der Waals surface area contributed by atoms with Gasteiger partial charge in [-0.15, -0.1) is 0 Å².